The number of morpholine rings is 1. The molecule has 9 heteroatoms. The zero-order valence-electron chi connectivity index (χ0n) is 17.9. The monoisotopic (exact) mass is 443 g/mol. The number of ether oxygens (including phenoxy) is 3. The first-order valence-corrected chi connectivity index (χ1v) is 10.5. The van der Waals surface area contributed by atoms with Gasteiger partial charge in [0.15, 0.2) is 0 Å². The van der Waals surface area contributed by atoms with Crippen LogP contribution in [0.15, 0.2) is 48.5 Å². The minimum atomic E-state index is -1.13. The van der Waals surface area contributed by atoms with Crippen LogP contribution in [0.5, 0.6) is 5.75 Å². The Hall–Kier alpha value is -3.17. The molecule has 2 saturated heterocycles. The summed E-state index contributed by atoms with van der Waals surface area (Å²) in [6, 6.07) is 12.4. The minimum absolute atomic E-state index is 0.143. The number of rotatable bonds is 3. The quantitative estimate of drug-likeness (QED) is 0.789. The average Bonchev–Trinajstić information content (AvgIpc) is 3.01. The predicted octanol–water partition coefficient (Wildman–Crippen LogP) is 2.96. The fraction of sp³-hybridized carbons (Fsp3) is 0.391. The van der Waals surface area contributed by atoms with Gasteiger partial charge in [-0.1, -0.05) is 18.2 Å². The van der Waals surface area contributed by atoms with Crippen LogP contribution in [0.2, 0.25) is 0 Å². The van der Waals surface area contributed by atoms with E-state index in [0.29, 0.717) is 43.1 Å². The summed E-state index contributed by atoms with van der Waals surface area (Å²) in [6.07, 6.45) is 0.613. The Labute approximate surface area is 185 Å². The van der Waals surface area contributed by atoms with Gasteiger partial charge in [-0.15, -0.1) is 0 Å². The lowest BCUT2D eigenvalue weighted by Crippen LogP contribution is -2.60. The van der Waals surface area contributed by atoms with Crippen LogP contribution >= 0.6 is 0 Å². The van der Waals surface area contributed by atoms with Crippen LogP contribution < -0.4 is 10.1 Å². The average molecular weight is 443 g/mol. The van der Waals surface area contributed by atoms with E-state index < -0.39 is 11.6 Å². The number of methoxy groups -OCH3 is 1. The Bertz CT molecular complexity index is 988. The number of carbonyl (C=O) groups excluding carboxylic acids is 2. The van der Waals surface area contributed by atoms with Gasteiger partial charge < -0.3 is 29.3 Å². The molecule has 4 rings (SSSR count). The lowest BCUT2D eigenvalue weighted by Gasteiger charge is -2.43. The summed E-state index contributed by atoms with van der Waals surface area (Å²) in [4.78, 5) is 29.3. The standard InChI is InChI=1S/C23H26FN3O5/c1-30-20-9-3-2-8-19(20)21(28)26-11-13-32-23(15-26)16-27(10-5-12-31-23)22(29)25-18-7-4-6-17(24)14-18/h2-4,6-9,14H,5,10-13,15-16H2,1H3,(H,25,29). The van der Waals surface area contributed by atoms with E-state index in [2.05, 4.69) is 5.32 Å². The fourth-order valence-corrected chi connectivity index (χ4v) is 3.98. The van der Waals surface area contributed by atoms with Crippen molar-refractivity contribution >= 4 is 17.6 Å². The van der Waals surface area contributed by atoms with E-state index in [-0.39, 0.29) is 31.6 Å². The molecule has 0 radical (unpaired) electrons. The highest BCUT2D eigenvalue weighted by Gasteiger charge is 2.43. The molecule has 2 heterocycles. The molecular formula is C23H26FN3O5. The van der Waals surface area contributed by atoms with Crippen molar-refractivity contribution < 1.29 is 28.2 Å². The number of hydrogen-bond acceptors (Lipinski definition) is 5. The van der Waals surface area contributed by atoms with Crippen molar-refractivity contribution in [2.75, 3.05) is 51.8 Å². The third kappa shape index (κ3) is 4.84. The third-order valence-corrected chi connectivity index (χ3v) is 5.52. The van der Waals surface area contributed by atoms with Crippen LogP contribution in [0, 0.1) is 5.82 Å². The van der Waals surface area contributed by atoms with Crippen LogP contribution in [-0.2, 0) is 9.47 Å². The summed E-state index contributed by atoms with van der Waals surface area (Å²) in [7, 11) is 1.52. The number of para-hydroxylation sites is 1. The van der Waals surface area contributed by atoms with E-state index in [4.69, 9.17) is 14.2 Å². The molecule has 0 bridgehead atoms. The van der Waals surface area contributed by atoms with E-state index in [0.717, 1.165) is 0 Å². The van der Waals surface area contributed by atoms with Gasteiger partial charge in [-0.25, -0.2) is 9.18 Å². The number of amides is 3. The van der Waals surface area contributed by atoms with Gasteiger partial charge in [0.1, 0.15) is 11.6 Å². The molecule has 0 aromatic heterocycles. The minimum Gasteiger partial charge on any atom is -0.496 e. The Morgan fingerprint density at radius 2 is 1.81 bits per heavy atom. The Morgan fingerprint density at radius 1 is 1.03 bits per heavy atom. The molecule has 32 heavy (non-hydrogen) atoms. The Morgan fingerprint density at radius 3 is 2.62 bits per heavy atom. The smallest absolute Gasteiger partial charge is 0.322 e. The summed E-state index contributed by atoms with van der Waals surface area (Å²) < 4.78 is 30.8. The fourth-order valence-electron chi connectivity index (χ4n) is 3.98. The Kier molecular flexibility index (Phi) is 6.57. The molecule has 1 spiro atoms. The molecule has 1 N–H and O–H groups in total. The van der Waals surface area contributed by atoms with Crippen molar-refractivity contribution in [1.29, 1.82) is 0 Å². The van der Waals surface area contributed by atoms with Gasteiger partial charge >= 0.3 is 6.03 Å². The second-order valence-corrected chi connectivity index (χ2v) is 7.75. The van der Waals surface area contributed by atoms with Crippen LogP contribution in [0.4, 0.5) is 14.9 Å². The summed E-state index contributed by atoms with van der Waals surface area (Å²) in [6.45, 7) is 1.84. The summed E-state index contributed by atoms with van der Waals surface area (Å²) in [5.41, 5.74) is 0.827. The molecular weight excluding hydrogens is 417 g/mol. The largest absolute Gasteiger partial charge is 0.496 e. The van der Waals surface area contributed by atoms with E-state index in [1.165, 1.54) is 25.3 Å². The number of anilines is 1. The van der Waals surface area contributed by atoms with Gasteiger partial charge in [-0.05, 0) is 36.8 Å². The topological polar surface area (TPSA) is 80.3 Å². The SMILES string of the molecule is COc1ccccc1C(=O)N1CCOC2(CN(C(=O)Nc3cccc(F)c3)CCCO2)C1. The van der Waals surface area contributed by atoms with Crippen molar-refractivity contribution in [2.45, 2.75) is 12.2 Å². The Balaban J connectivity index is 1.49. The van der Waals surface area contributed by atoms with Gasteiger partial charge in [-0.2, -0.15) is 0 Å². The number of carbonyl (C=O) groups is 2. The molecule has 0 saturated carbocycles. The van der Waals surface area contributed by atoms with E-state index in [1.54, 1.807) is 40.1 Å². The normalized spacial score (nSPS) is 21.2. The van der Waals surface area contributed by atoms with Gasteiger partial charge in [0, 0.05) is 18.8 Å². The van der Waals surface area contributed by atoms with Crippen molar-refractivity contribution in [2.24, 2.45) is 0 Å². The highest BCUT2D eigenvalue weighted by molar-refractivity contribution is 5.97. The third-order valence-electron chi connectivity index (χ3n) is 5.52. The summed E-state index contributed by atoms with van der Waals surface area (Å²) >= 11 is 0. The molecule has 2 fully saturated rings. The lowest BCUT2D eigenvalue weighted by molar-refractivity contribution is -0.258. The number of halogens is 1. The van der Waals surface area contributed by atoms with Crippen LogP contribution in [-0.4, -0.2) is 74.0 Å². The maximum atomic E-state index is 13.5. The van der Waals surface area contributed by atoms with Crippen LogP contribution in [0.1, 0.15) is 16.8 Å². The van der Waals surface area contributed by atoms with E-state index in [1.807, 2.05) is 0 Å². The van der Waals surface area contributed by atoms with Gasteiger partial charge in [0.25, 0.3) is 5.91 Å². The summed E-state index contributed by atoms with van der Waals surface area (Å²) in [5, 5.41) is 2.72. The zero-order chi connectivity index (χ0) is 22.6. The van der Waals surface area contributed by atoms with Crippen LogP contribution in [0.3, 0.4) is 0 Å². The molecule has 8 nitrogen and oxygen atoms in total. The van der Waals surface area contributed by atoms with Crippen molar-refractivity contribution in [3.05, 3.63) is 59.9 Å². The number of nitrogens with one attached hydrogen (secondary N) is 1. The second-order valence-electron chi connectivity index (χ2n) is 7.75. The van der Waals surface area contributed by atoms with Gasteiger partial charge in [-0.3, -0.25) is 4.79 Å². The molecule has 2 aromatic rings. The molecule has 170 valence electrons. The van der Waals surface area contributed by atoms with E-state index in [9.17, 15) is 14.0 Å². The molecule has 2 aromatic carbocycles. The molecule has 2 aliphatic heterocycles. The van der Waals surface area contributed by atoms with Crippen LogP contribution in [0.25, 0.3) is 0 Å². The molecule has 3 amide bonds. The highest BCUT2D eigenvalue weighted by Crippen LogP contribution is 2.27. The summed E-state index contributed by atoms with van der Waals surface area (Å²) in [5.74, 6) is -1.25. The predicted molar refractivity (Wildman–Crippen MR) is 115 cm³/mol. The first kappa shape index (κ1) is 22.0. The zero-order valence-corrected chi connectivity index (χ0v) is 17.9. The van der Waals surface area contributed by atoms with Crippen molar-refractivity contribution in [3.8, 4) is 5.75 Å². The molecule has 2 aliphatic rings. The first-order valence-electron chi connectivity index (χ1n) is 10.5. The van der Waals surface area contributed by atoms with Crippen molar-refractivity contribution in [3.63, 3.8) is 0 Å². The van der Waals surface area contributed by atoms with Gasteiger partial charge in [0.05, 0.1) is 39.0 Å². The van der Waals surface area contributed by atoms with Gasteiger partial charge in [0.2, 0.25) is 5.79 Å². The maximum absolute atomic E-state index is 13.5. The number of nitrogens with zero attached hydrogens (tertiary/aromatic N) is 2. The molecule has 0 aliphatic carbocycles. The number of benzene rings is 2. The number of hydrogen-bond donors (Lipinski definition) is 1. The van der Waals surface area contributed by atoms with Crippen molar-refractivity contribution in [1.82, 2.24) is 9.80 Å². The second kappa shape index (κ2) is 9.54. The maximum Gasteiger partial charge on any atom is 0.322 e. The van der Waals surface area contributed by atoms with E-state index >= 15 is 0 Å². The number of urea groups is 1. The molecule has 1 atom stereocenters. The molecule has 1 unspecified atom stereocenters. The first-order chi connectivity index (χ1) is 15.5. The lowest BCUT2D eigenvalue weighted by atomic mass is 10.1. The highest BCUT2D eigenvalue weighted by atomic mass is 19.1.